The van der Waals surface area contributed by atoms with Crippen LogP contribution in [0.2, 0.25) is 0 Å². The molecule has 0 fully saturated rings. The number of nitrogens with one attached hydrogen (secondary N) is 1. The summed E-state index contributed by atoms with van der Waals surface area (Å²) in [5.41, 5.74) is 0.957. The summed E-state index contributed by atoms with van der Waals surface area (Å²) in [5, 5.41) is 4.75. The molecule has 100 valence electrons. The minimum absolute atomic E-state index is 0.0568. The fourth-order valence-electron chi connectivity index (χ4n) is 1.75. The van der Waals surface area contributed by atoms with Crippen molar-refractivity contribution in [2.75, 3.05) is 0 Å². The number of pyridine rings is 1. The van der Waals surface area contributed by atoms with Gasteiger partial charge in [-0.3, -0.25) is 9.36 Å². The molecule has 3 rings (SSSR count). The second-order valence-electron chi connectivity index (χ2n) is 4.15. The molecule has 3 aromatic rings. The minimum atomic E-state index is -0.0568. The number of thiophene rings is 1. The molecule has 0 saturated carbocycles. The summed E-state index contributed by atoms with van der Waals surface area (Å²) < 4.78 is 1.83. The van der Waals surface area contributed by atoms with Gasteiger partial charge in [0.2, 0.25) is 0 Å². The van der Waals surface area contributed by atoms with Crippen molar-refractivity contribution in [2.45, 2.75) is 6.54 Å². The Balaban J connectivity index is 1.63. The smallest absolute Gasteiger partial charge is 0.261 e. The Hall–Kier alpha value is -2.47. The quantitative estimate of drug-likeness (QED) is 0.799. The molecule has 6 heteroatoms. The number of imidazole rings is 1. The molecule has 1 amide bonds. The van der Waals surface area contributed by atoms with E-state index in [0.717, 1.165) is 11.4 Å². The van der Waals surface area contributed by atoms with Gasteiger partial charge in [-0.2, -0.15) is 0 Å². The lowest BCUT2D eigenvalue weighted by Crippen LogP contribution is -2.21. The number of carbonyl (C=O) groups excluding carboxylic acids is 1. The van der Waals surface area contributed by atoms with Gasteiger partial charge in [-0.05, 0) is 23.1 Å². The van der Waals surface area contributed by atoms with Gasteiger partial charge in [0.25, 0.3) is 5.91 Å². The highest BCUT2D eigenvalue weighted by atomic mass is 32.1. The molecule has 0 radical (unpaired) electrons. The largest absolute Gasteiger partial charge is 0.347 e. The van der Waals surface area contributed by atoms with E-state index in [9.17, 15) is 4.79 Å². The van der Waals surface area contributed by atoms with Gasteiger partial charge in [0.1, 0.15) is 12.1 Å². The predicted molar refractivity (Wildman–Crippen MR) is 76.8 cm³/mol. The van der Waals surface area contributed by atoms with E-state index >= 15 is 0 Å². The van der Waals surface area contributed by atoms with Gasteiger partial charge >= 0.3 is 0 Å². The van der Waals surface area contributed by atoms with E-state index in [1.54, 1.807) is 24.8 Å². The molecule has 20 heavy (non-hydrogen) atoms. The standard InChI is InChI=1S/C14H12N4OS/c19-14(12-2-1-7-20-12)17-9-11-3-4-13(16-8-11)18-6-5-15-10-18/h1-8,10H,9H2,(H,17,19). The Morgan fingerprint density at radius 1 is 1.35 bits per heavy atom. The second kappa shape index (κ2) is 5.66. The monoisotopic (exact) mass is 284 g/mol. The molecule has 3 heterocycles. The Bertz CT molecular complexity index is 675. The van der Waals surface area contributed by atoms with Crippen LogP contribution in [0.1, 0.15) is 15.2 Å². The molecule has 0 unspecified atom stereocenters. The van der Waals surface area contributed by atoms with E-state index in [2.05, 4.69) is 15.3 Å². The highest BCUT2D eigenvalue weighted by Crippen LogP contribution is 2.09. The van der Waals surface area contributed by atoms with Crippen LogP contribution in [0.25, 0.3) is 5.82 Å². The third-order valence-corrected chi connectivity index (χ3v) is 3.64. The minimum Gasteiger partial charge on any atom is -0.347 e. The molecule has 0 saturated heterocycles. The molecule has 5 nitrogen and oxygen atoms in total. The van der Waals surface area contributed by atoms with Gasteiger partial charge in [0.15, 0.2) is 0 Å². The van der Waals surface area contributed by atoms with Crippen molar-refractivity contribution in [3.63, 3.8) is 0 Å². The van der Waals surface area contributed by atoms with Gasteiger partial charge in [0, 0.05) is 25.1 Å². The molecule has 0 aromatic carbocycles. The SMILES string of the molecule is O=C(NCc1ccc(-n2ccnc2)nc1)c1cccs1. The Morgan fingerprint density at radius 2 is 2.30 bits per heavy atom. The highest BCUT2D eigenvalue weighted by Gasteiger charge is 2.05. The Kier molecular flexibility index (Phi) is 3.56. The van der Waals surface area contributed by atoms with Crippen LogP contribution in [0.15, 0.2) is 54.6 Å². The number of amides is 1. The molecule has 0 bridgehead atoms. The maximum absolute atomic E-state index is 11.8. The lowest BCUT2D eigenvalue weighted by atomic mass is 10.2. The molecule has 0 aliphatic heterocycles. The molecule has 3 aromatic heterocycles. The Morgan fingerprint density at radius 3 is 2.95 bits per heavy atom. The van der Waals surface area contributed by atoms with Crippen molar-refractivity contribution in [3.8, 4) is 5.82 Å². The lowest BCUT2D eigenvalue weighted by Gasteiger charge is -2.05. The van der Waals surface area contributed by atoms with Crippen molar-refractivity contribution in [2.24, 2.45) is 0 Å². The summed E-state index contributed by atoms with van der Waals surface area (Å²) in [5.74, 6) is 0.745. The van der Waals surface area contributed by atoms with E-state index in [1.165, 1.54) is 11.3 Å². The van der Waals surface area contributed by atoms with Gasteiger partial charge in [0.05, 0.1) is 4.88 Å². The average Bonchev–Trinajstić information content (AvgIpc) is 3.18. The Labute approximate surface area is 119 Å². The fraction of sp³-hybridized carbons (Fsp3) is 0.0714. The van der Waals surface area contributed by atoms with Gasteiger partial charge in [-0.25, -0.2) is 9.97 Å². The zero-order valence-electron chi connectivity index (χ0n) is 10.6. The normalized spacial score (nSPS) is 10.4. The summed E-state index contributed by atoms with van der Waals surface area (Å²) >= 11 is 1.43. The van der Waals surface area contributed by atoms with Crippen LogP contribution in [0.3, 0.4) is 0 Å². The molecule has 0 spiro atoms. The molecular formula is C14H12N4OS. The van der Waals surface area contributed by atoms with Crippen LogP contribution < -0.4 is 5.32 Å². The third kappa shape index (κ3) is 2.75. The molecule has 0 atom stereocenters. The van der Waals surface area contributed by atoms with Crippen molar-refractivity contribution < 1.29 is 4.79 Å². The van der Waals surface area contributed by atoms with Crippen LogP contribution in [0, 0.1) is 0 Å². The van der Waals surface area contributed by atoms with Crippen LogP contribution in [-0.2, 0) is 6.54 Å². The summed E-state index contributed by atoms with van der Waals surface area (Å²) in [4.78, 5) is 20.8. The van der Waals surface area contributed by atoms with E-state index in [-0.39, 0.29) is 5.91 Å². The highest BCUT2D eigenvalue weighted by molar-refractivity contribution is 7.12. The van der Waals surface area contributed by atoms with Crippen molar-refractivity contribution in [3.05, 3.63) is 65.0 Å². The third-order valence-electron chi connectivity index (χ3n) is 2.78. The zero-order valence-corrected chi connectivity index (χ0v) is 11.4. The van der Waals surface area contributed by atoms with Crippen molar-refractivity contribution in [1.82, 2.24) is 19.9 Å². The van der Waals surface area contributed by atoms with Crippen LogP contribution in [0.4, 0.5) is 0 Å². The number of carbonyl (C=O) groups is 1. The van der Waals surface area contributed by atoms with E-state index in [0.29, 0.717) is 11.4 Å². The molecular weight excluding hydrogens is 272 g/mol. The summed E-state index contributed by atoms with van der Waals surface area (Å²) in [6.45, 7) is 0.466. The van der Waals surface area contributed by atoms with Gasteiger partial charge < -0.3 is 5.32 Å². The first kappa shape index (κ1) is 12.6. The van der Waals surface area contributed by atoms with Gasteiger partial charge in [-0.15, -0.1) is 11.3 Å². The van der Waals surface area contributed by atoms with Crippen LogP contribution in [-0.4, -0.2) is 20.4 Å². The van der Waals surface area contributed by atoms with Crippen LogP contribution in [0.5, 0.6) is 0 Å². The predicted octanol–water partition coefficient (Wildman–Crippen LogP) is 2.26. The van der Waals surface area contributed by atoms with Crippen molar-refractivity contribution >= 4 is 17.2 Å². The molecule has 0 aliphatic carbocycles. The van der Waals surface area contributed by atoms with E-state index in [4.69, 9.17) is 0 Å². The number of hydrogen-bond acceptors (Lipinski definition) is 4. The average molecular weight is 284 g/mol. The number of hydrogen-bond donors (Lipinski definition) is 1. The van der Waals surface area contributed by atoms with Gasteiger partial charge in [-0.1, -0.05) is 12.1 Å². The lowest BCUT2D eigenvalue weighted by molar-refractivity contribution is 0.0955. The topological polar surface area (TPSA) is 59.8 Å². The zero-order chi connectivity index (χ0) is 13.8. The molecule has 1 N–H and O–H groups in total. The second-order valence-corrected chi connectivity index (χ2v) is 5.10. The number of nitrogens with zero attached hydrogens (tertiary/aromatic N) is 3. The fourth-order valence-corrected chi connectivity index (χ4v) is 2.39. The van der Waals surface area contributed by atoms with E-state index < -0.39 is 0 Å². The molecule has 0 aliphatic rings. The van der Waals surface area contributed by atoms with Crippen molar-refractivity contribution in [1.29, 1.82) is 0 Å². The summed E-state index contributed by atoms with van der Waals surface area (Å²) in [6.07, 6.45) is 6.99. The first-order valence-corrected chi connectivity index (χ1v) is 6.96. The maximum atomic E-state index is 11.8. The number of aromatic nitrogens is 3. The first-order chi connectivity index (χ1) is 9.83. The summed E-state index contributed by atoms with van der Waals surface area (Å²) in [6, 6.07) is 7.51. The summed E-state index contributed by atoms with van der Waals surface area (Å²) in [7, 11) is 0. The first-order valence-electron chi connectivity index (χ1n) is 6.08. The van der Waals surface area contributed by atoms with E-state index in [1.807, 2.05) is 34.3 Å². The van der Waals surface area contributed by atoms with Crippen LogP contribution >= 0.6 is 11.3 Å². The maximum Gasteiger partial charge on any atom is 0.261 e. The number of rotatable bonds is 4.